The molecule has 5 nitrogen and oxygen atoms in total. The smallest absolute Gasteiger partial charge is 0.340 e. The van der Waals surface area contributed by atoms with Crippen LogP contribution in [0, 0.1) is 5.92 Å². The number of amides is 2. The van der Waals surface area contributed by atoms with Crippen LogP contribution in [0.4, 0.5) is 13.2 Å². The fourth-order valence-electron chi connectivity index (χ4n) is 3.63. The van der Waals surface area contributed by atoms with E-state index in [1.165, 1.54) is 0 Å². The fourth-order valence-corrected chi connectivity index (χ4v) is 3.63. The molecule has 3 atom stereocenters. The zero-order chi connectivity index (χ0) is 18.2. The number of benzene rings is 1. The second-order valence-corrected chi connectivity index (χ2v) is 6.71. The first-order valence-corrected chi connectivity index (χ1v) is 8.18. The van der Waals surface area contributed by atoms with Gasteiger partial charge in [-0.3, -0.25) is 9.59 Å². The first-order chi connectivity index (χ1) is 11.7. The van der Waals surface area contributed by atoms with Crippen molar-refractivity contribution < 1.29 is 22.8 Å². The van der Waals surface area contributed by atoms with E-state index in [9.17, 15) is 22.8 Å². The second kappa shape index (κ2) is 7.84. The number of rotatable bonds is 3. The molecule has 1 aromatic carbocycles. The van der Waals surface area contributed by atoms with Crippen molar-refractivity contribution in [2.45, 2.75) is 24.6 Å². The molecule has 1 aromatic rings. The zero-order valence-corrected chi connectivity index (χ0v) is 14.8. The standard InChI is InChI=1S/C17H20F3N3O2.ClH/c18-17(19,20)10-23-7-12(6-15(23)24)16(25)22-8-13(14(21)9-22)11-4-2-1-3-5-11;/h1-5,12-14H,6-10,21H2;1H/t12?,13-,14+;/m0./s1. The lowest BCUT2D eigenvalue weighted by Crippen LogP contribution is -2.39. The molecule has 2 N–H and O–H groups in total. The Hall–Kier alpha value is -1.80. The summed E-state index contributed by atoms with van der Waals surface area (Å²) in [7, 11) is 0. The Bertz CT molecular complexity index is 656. The average molecular weight is 392 g/mol. The van der Waals surface area contributed by atoms with Crippen LogP contribution in [-0.2, 0) is 9.59 Å². The minimum absolute atomic E-state index is 0. The Kier molecular flexibility index (Phi) is 6.18. The molecule has 144 valence electrons. The number of likely N-dealkylation sites (tertiary alicyclic amines) is 2. The fraction of sp³-hybridized carbons (Fsp3) is 0.529. The van der Waals surface area contributed by atoms with Gasteiger partial charge in [-0.25, -0.2) is 0 Å². The Labute approximate surface area is 155 Å². The molecule has 3 rings (SSSR count). The SMILES string of the molecule is Cl.N[C@@H]1CN(C(=O)C2CC(=O)N(CC(F)(F)F)C2)C[C@H]1c1ccccc1. The van der Waals surface area contributed by atoms with Crippen LogP contribution in [0.5, 0.6) is 0 Å². The third-order valence-corrected chi connectivity index (χ3v) is 4.84. The lowest BCUT2D eigenvalue weighted by molar-refractivity contribution is -0.157. The van der Waals surface area contributed by atoms with Crippen LogP contribution in [0.3, 0.4) is 0 Å². The number of carbonyl (C=O) groups is 2. The molecule has 2 aliphatic rings. The van der Waals surface area contributed by atoms with Crippen molar-refractivity contribution in [1.82, 2.24) is 9.80 Å². The van der Waals surface area contributed by atoms with Gasteiger partial charge in [0.2, 0.25) is 11.8 Å². The van der Waals surface area contributed by atoms with Gasteiger partial charge < -0.3 is 15.5 Å². The van der Waals surface area contributed by atoms with E-state index in [1.54, 1.807) is 4.90 Å². The van der Waals surface area contributed by atoms with Crippen molar-refractivity contribution in [2.75, 3.05) is 26.2 Å². The van der Waals surface area contributed by atoms with Gasteiger partial charge in [-0.15, -0.1) is 12.4 Å². The minimum atomic E-state index is -4.46. The highest BCUT2D eigenvalue weighted by molar-refractivity contribution is 5.89. The van der Waals surface area contributed by atoms with Gasteiger partial charge in [-0.2, -0.15) is 13.2 Å². The van der Waals surface area contributed by atoms with Gasteiger partial charge in [0.05, 0.1) is 5.92 Å². The Balaban J connectivity index is 0.00000243. The van der Waals surface area contributed by atoms with Gasteiger partial charge in [-0.1, -0.05) is 30.3 Å². The maximum absolute atomic E-state index is 12.6. The largest absolute Gasteiger partial charge is 0.406 e. The van der Waals surface area contributed by atoms with Crippen LogP contribution in [0.15, 0.2) is 30.3 Å². The monoisotopic (exact) mass is 391 g/mol. The van der Waals surface area contributed by atoms with E-state index in [2.05, 4.69) is 0 Å². The lowest BCUT2D eigenvalue weighted by atomic mass is 9.95. The van der Waals surface area contributed by atoms with Crippen LogP contribution in [0.1, 0.15) is 17.9 Å². The first kappa shape index (κ1) is 20.5. The molecule has 0 aliphatic carbocycles. The molecule has 26 heavy (non-hydrogen) atoms. The van der Waals surface area contributed by atoms with E-state index >= 15 is 0 Å². The van der Waals surface area contributed by atoms with Gasteiger partial charge in [0.25, 0.3) is 0 Å². The summed E-state index contributed by atoms with van der Waals surface area (Å²) in [6.07, 6.45) is -4.63. The summed E-state index contributed by atoms with van der Waals surface area (Å²) < 4.78 is 37.5. The Morgan fingerprint density at radius 3 is 2.42 bits per heavy atom. The molecule has 1 unspecified atom stereocenters. The number of alkyl halides is 3. The quantitative estimate of drug-likeness (QED) is 0.854. The summed E-state index contributed by atoms with van der Waals surface area (Å²) in [6.45, 7) is -0.711. The molecule has 0 saturated carbocycles. The maximum atomic E-state index is 12.6. The summed E-state index contributed by atoms with van der Waals surface area (Å²) in [6, 6.07) is 9.36. The van der Waals surface area contributed by atoms with E-state index < -0.39 is 24.5 Å². The molecular weight excluding hydrogens is 371 g/mol. The number of hydrogen-bond acceptors (Lipinski definition) is 3. The van der Waals surface area contributed by atoms with E-state index in [-0.39, 0.29) is 43.2 Å². The highest BCUT2D eigenvalue weighted by Crippen LogP contribution is 2.30. The molecule has 2 saturated heterocycles. The average Bonchev–Trinajstić information content (AvgIpc) is 3.10. The van der Waals surface area contributed by atoms with Gasteiger partial charge >= 0.3 is 6.18 Å². The van der Waals surface area contributed by atoms with E-state index in [4.69, 9.17) is 5.73 Å². The van der Waals surface area contributed by atoms with Crippen molar-refractivity contribution in [2.24, 2.45) is 11.7 Å². The van der Waals surface area contributed by atoms with Gasteiger partial charge in [0, 0.05) is 38.0 Å². The predicted octanol–water partition coefficient (Wildman–Crippen LogP) is 1.77. The second-order valence-electron chi connectivity index (χ2n) is 6.71. The number of hydrogen-bond donors (Lipinski definition) is 1. The van der Waals surface area contributed by atoms with Gasteiger partial charge in [0.15, 0.2) is 0 Å². The third kappa shape index (κ3) is 4.48. The lowest BCUT2D eigenvalue weighted by Gasteiger charge is -2.21. The van der Waals surface area contributed by atoms with Crippen LogP contribution >= 0.6 is 12.4 Å². The van der Waals surface area contributed by atoms with Crippen molar-refractivity contribution in [3.05, 3.63) is 35.9 Å². The molecule has 2 heterocycles. The van der Waals surface area contributed by atoms with Gasteiger partial charge in [-0.05, 0) is 5.56 Å². The van der Waals surface area contributed by atoms with E-state index in [1.807, 2.05) is 30.3 Å². The Morgan fingerprint density at radius 2 is 1.81 bits per heavy atom. The van der Waals surface area contributed by atoms with Crippen LogP contribution < -0.4 is 5.73 Å². The summed E-state index contributed by atoms with van der Waals surface area (Å²) in [5.41, 5.74) is 7.19. The maximum Gasteiger partial charge on any atom is 0.406 e. The first-order valence-electron chi connectivity index (χ1n) is 8.18. The summed E-state index contributed by atoms with van der Waals surface area (Å²) >= 11 is 0. The summed E-state index contributed by atoms with van der Waals surface area (Å²) in [5.74, 6) is -1.64. The third-order valence-electron chi connectivity index (χ3n) is 4.84. The van der Waals surface area contributed by atoms with Crippen molar-refractivity contribution >= 4 is 24.2 Å². The van der Waals surface area contributed by atoms with Crippen molar-refractivity contribution in [1.29, 1.82) is 0 Å². The zero-order valence-electron chi connectivity index (χ0n) is 14.0. The van der Waals surface area contributed by atoms with Crippen LogP contribution in [0.2, 0.25) is 0 Å². The molecule has 0 bridgehead atoms. The van der Waals surface area contributed by atoms with E-state index in [0.29, 0.717) is 18.0 Å². The van der Waals surface area contributed by atoms with Crippen LogP contribution in [-0.4, -0.2) is 60.0 Å². The van der Waals surface area contributed by atoms with Crippen LogP contribution in [0.25, 0.3) is 0 Å². The van der Waals surface area contributed by atoms with Crippen molar-refractivity contribution in [3.8, 4) is 0 Å². The molecule has 2 fully saturated rings. The topological polar surface area (TPSA) is 66.6 Å². The minimum Gasteiger partial charge on any atom is -0.340 e. The van der Waals surface area contributed by atoms with Gasteiger partial charge in [0.1, 0.15) is 6.54 Å². The molecule has 0 spiro atoms. The predicted molar refractivity (Wildman–Crippen MR) is 91.7 cm³/mol. The normalized spacial score (nSPS) is 26.2. The van der Waals surface area contributed by atoms with Crippen molar-refractivity contribution in [3.63, 3.8) is 0 Å². The summed E-state index contributed by atoms with van der Waals surface area (Å²) in [5, 5.41) is 0. The highest BCUT2D eigenvalue weighted by atomic mass is 35.5. The molecule has 2 amide bonds. The molecule has 9 heteroatoms. The molecule has 2 aliphatic heterocycles. The number of nitrogens with zero attached hydrogens (tertiary/aromatic N) is 2. The molecule has 0 radical (unpaired) electrons. The number of carbonyl (C=O) groups excluding carboxylic acids is 2. The highest BCUT2D eigenvalue weighted by Gasteiger charge is 2.43. The molecular formula is C17H21ClF3N3O2. The number of halogens is 4. The molecule has 0 aromatic heterocycles. The number of nitrogens with two attached hydrogens (primary N) is 1. The van der Waals surface area contributed by atoms with E-state index in [0.717, 1.165) is 5.56 Å². The summed E-state index contributed by atoms with van der Waals surface area (Å²) in [4.78, 5) is 26.7. The Morgan fingerprint density at radius 1 is 1.15 bits per heavy atom.